The Bertz CT molecular complexity index is 1940. The van der Waals surface area contributed by atoms with Crippen LogP contribution in [-0.4, -0.2) is 52.0 Å². The van der Waals surface area contributed by atoms with Gasteiger partial charge in [-0.3, -0.25) is 29.4 Å². The van der Waals surface area contributed by atoms with Gasteiger partial charge in [-0.2, -0.15) is 0 Å². The van der Waals surface area contributed by atoms with Gasteiger partial charge in [-0.1, -0.05) is 62.4 Å². The predicted octanol–water partition coefficient (Wildman–Crippen LogP) is 5.85. The van der Waals surface area contributed by atoms with Crippen LogP contribution in [0.3, 0.4) is 0 Å². The zero-order valence-corrected chi connectivity index (χ0v) is 27.2. The van der Waals surface area contributed by atoms with E-state index >= 15 is 0 Å². The molecule has 1 saturated heterocycles. The van der Waals surface area contributed by atoms with E-state index in [0.717, 1.165) is 27.2 Å². The zero-order valence-electron chi connectivity index (χ0n) is 27.2. The van der Waals surface area contributed by atoms with Crippen molar-refractivity contribution in [2.75, 3.05) is 6.61 Å². The summed E-state index contributed by atoms with van der Waals surface area (Å²) in [5.74, 6) is -4.75. The number of non-ortho nitro benzene ring substituents is 1. The molecule has 0 saturated carbocycles. The molecule has 50 heavy (non-hydrogen) atoms. The molecule has 1 heterocycles. The van der Waals surface area contributed by atoms with Crippen LogP contribution in [0.4, 0.5) is 5.69 Å². The van der Waals surface area contributed by atoms with Crippen LogP contribution in [0.1, 0.15) is 75.1 Å². The first kappa shape index (κ1) is 32.6. The van der Waals surface area contributed by atoms with Crippen molar-refractivity contribution in [3.05, 3.63) is 141 Å². The number of amides is 2. The molecule has 2 bridgehead atoms. The summed E-state index contributed by atoms with van der Waals surface area (Å²) in [5.41, 5.74) is 4.24. The first-order valence-electron chi connectivity index (χ1n) is 16.4. The predicted molar refractivity (Wildman–Crippen MR) is 178 cm³/mol. The van der Waals surface area contributed by atoms with Gasteiger partial charge in [0.05, 0.1) is 22.3 Å². The summed E-state index contributed by atoms with van der Waals surface area (Å²) in [5, 5.41) is 10.9. The van der Waals surface area contributed by atoms with Gasteiger partial charge in [0.25, 0.3) is 5.69 Å². The highest BCUT2D eigenvalue weighted by molar-refractivity contribution is 6.10. The maximum atomic E-state index is 14.3. The summed E-state index contributed by atoms with van der Waals surface area (Å²) >= 11 is 0. The van der Waals surface area contributed by atoms with Gasteiger partial charge in [0.15, 0.2) is 12.4 Å². The molecule has 0 radical (unpaired) electrons. The number of imide groups is 1. The second-order valence-corrected chi connectivity index (χ2v) is 13.2. The van der Waals surface area contributed by atoms with E-state index in [1.165, 1.54) is 48.5 Å². The van der Waals surface area contributed by atoms with Gasteiger partial charge in [0.2, 0.25) is 11.8 Å². The molecular formula is C39H32N2O9. The molecule has 0 aromatic heterocycles. The number of nitro benzene ring substituents is 1. The van der Waals surface area contributed by atoms with E-state index in [-0.39, 0.29) is 46.7 Å². The monoisotopic (exact) mass is 672 g/mol. The second-order valence-electron chi connectivity index (χ2n) is 13.2. The van der Waals surface area contributed by atoms with Gasteiger partial charge in [-0.05, 0) is 71.0 Å². The molecule has 0 spiro atoms. The van der Waals surface area contributed by atoms with E-state index in [2.05, 4.69) is 0 Å². The molecule has 1 fully saturated rings. The summed E-state index contributed by atoms with van der Waals surface area (Å²) in [4.78, 5) is 79.1. The van der Waals surface area contributed by atoms with Crippen LogP contribution in [-0.2, 0) is 19.1 Å². The van der Waals surface area contributed by atoms with Crippen LogP contribution in [0.15, 0.2) is 97.1 Å². The summed E-state index contributed by atoms with van der Waals surface area (Å²) in [6.07, 6.45) is 0.175. The number of ketones is 1. The van der Waals surface area contributed by atoms with Crippen molar-refractivity contribution in [3.63, 3.8) is 0 Å². The highest BCUT2D eigenvalue weighted by Gasteiger charge is 2.63. The second kappa shape index (κ2) is 12.8. The van der Waals surface area contributed by atoms with Gasteiger partial charge < -0.3 is 9.47 Å². The van der Waals surface area contributed by atoms with Crippen LogP contribution in [0.25, 0.3) is 0 Å². The Labute approximate surface area is 287 Å². The zero-order chi connectivity index (χ0) is 35.3. The number of likely N-dealkylation sites (tertiary alicyclic amines) is 1. The third-order valence-corrected chi connectivity index (χ3v) is 9.81. The smallest absolute Gasteiger partial charge is 0.343 e. The molecule has 2 amide bonds. The van der Waals surface area contributed by atoms with E-state index in [9.17, 15) is 34.1 Å². The largest absolute Gasteiger partial charge is 0.456 e. The fourth-order valence-corrected chi connectivity index (χ4v) is 7.67. The number of rotatable bonds is 10. The molecule has 11 heteroatoms. The number of carbonyl (C=O) groups excluding carboxylic acids is 5. The number of Topliss-reactive ketones (excluding diaryl/α,β-unsaturated/α-hetero) is 1. The molecule has 3 atom stereocenters. The lowest BCUT2D eigenvalue weighted by Gasteiger charge is -2.45. The van der Waals surface area contributed by atoms with E-state index in [1.807, 2.05) is 62.4 Å². The molecule has 4 aromatic rings. The van der Waals surface area contributed by atoms with Crippen LogP contribution in [0, 0.1) is 27.9 Å². The van der Waals surface area contributed by atoms with E-state index in [1.54, 1.807) is 0 Å². The number of benzene rings is 4. The fraction of sp³-hybridized carbons (Fsp3) is 0.256. The van der Waals surface area contributed by atoms with Crippen molar-refractivity contribution in [2.45, 2.75) is 38.1 Å². The van der Waals surface area contributed by atoms with Gasteiger partial charge in [-0.15, -0.1) is 0 Å². The van der Waals surface area contributed by atoms with Crippen molar-refractivity contribution in [3.8, 4) is 5.75 Å². The Kier molecular flexibility index (Phi) is 8.35. The first-order valence-corrected chi connectivity index (χ1v) is 16.4. The summed E-state index contributed by atoms with van der Waals surface area (Å²) in [6.45, 7) is 3.14. The molecule has 0 N–H and O–H groups in total. The molecule has 252 valence electrons. The van der Waals surface area contributed by atoms with Crippen molar-refractivity contribution < 1.29 is 38.4 Å². The fourth-order valence-electron chi connectivity index (χ4n) is 7.67. The summed E-state index contributed by atoms with van der Waals surface area (Å²) in [7, 11) is 0. The van der Waals surface area contributed by atoms with Gasteiger partial charge >= 0.3 is 11.9 Å². The molecule has 8 rings (SSSR count). The van der Waals surface area contributed by atoms with E-state index in [0.29, 0.717) is 0 Å². The Balaban J connectivity index is 1.05. The van der Waals surface area contributed by atoms with Crippen molar-refractivity contribution in [2.24, 2.45) is 17.8 Å². The average molecular weight is 673 g/mol. The molecule has 4 aliphatic rings. The van der Waals surface area contributed by atoms with Crippen LogP contribution < -0.4 is 4.74 Å². The third kappa shape index (κ3) is 5.54. The maximum Gasteiger partial charge on any atom is 0.343 e. The third-order valence-electron chi connectivity index (χ3n) is 9.81. The van der Waals surface area contributed by atoms with Crippen molar-refractivity contribution in [1.29, 1.82) is 0 Å². The van der Waals surface area contributed by atoms with Crippen molar-refractivity contribution in [1.82, 2.24) is 4.90 Å². The molecular weight excluding hydrogens is 640 g/mol. The summed E-state index contributed by atoms with van der Waals surface area (Å²) < 4.78 is 10.8. The van der Waals surface area contributed by atoms with Crippen LogP contribution in [0.2, 0.25) is 0 Å². The standard InChI is InChI=1S/C39H32N2O9/c1-21(2)19-30(39(46)49-20-31(42)22-13-17-25(18-14-22)50-38(45)23-11-15-24(16-12-23)41(47)48)40-36(43)34-32-26-7-3-4-8-27(26)33(35(34)37(40)44)29-10-6-5-9-28(29)32/h3-18,21,30,32-35H,19-20H2,1-2H3. The Hall–Kier alpha value is -5.97. The topological polar surface area (TPSA) is 150 Å². The minimum absolute atomic E-state index is 0.0705. The lowest BCUT2D eigenvalue weighted by atomic mass is 9.55. The van der Waals surface area contributed by atoms with Crippen LogP contribution >= 0.6 is 0 Å². The number of esters is 2. The number of nitro groups is 1. The number of hydrogen-bond donors (Lipinski definition) is 0. The van der Waals surface area contributed by atoms with Gasteiger partial charge in [0, 0.05) is 29.5 Å². The molecule has 3 unspecified atom stereocenters. The van der Waals surface area contributed by atoms with E-state index < -0.39 is 58.9 Å². The minimum atomic E-state index is -1.19. The highest BCUT2D eigenvalue weighted by Crippen LogP contribution is 2.61. The molecule has 11 nitrogen and oxygen atoms in total. The Morgan fingerprint density at radius 3 is 1.68 bits per heavy atom. The highest BCUT2D eigenvalue weighted by atomic mass is 16.6. The minimum Gasteiger partial charge on any atom is -0.456 e. The molecule has 4 aromatic carbocycles. The number of carbonyl (C=O) groups is 5. The first-order chi connectivity index (χ1) is 24.0. The summed E-state index contributed by atoms with van der Waals surface area (Å²) in [6, 6.07) is 25.2. The SMILES string of the molecule is CC(C)CC(C(=O)OCC(=O)c1ccc(OC(=O)c2ccc([N+](=O)[O-])cc2)cc1)N1C(=O)C2C3c4ccccc4C(c4ccccc43)C2C1=O. The Morgan fingerprint density at radius 1 is 0.740 bits per heavy atom. The van der Waals surface area contributed by atoms with Crippen molar-refractivity contribution >= 4 is 35.2 Å². The normalized spacial score (nSPS) is 20.5. The number of hydrogen-bond acceptors (Lipinski definition) is 9. The Morgan fingerprint density at radius 2 is 1.22 bits per heavy atom. The average Bonchev–Trinajstić information content (AvgIpc) is 3.39. The number of nitrogens with zero attached hydrogens (tertiary/aromatic N) is 2. The quantitative estimate of drug-likeness (QED) is 0.0505. The molecule has 3 aliphatic carbocycles. The van der Waals surface area contributed by atoms with Crippen LogP contribution in [0.5, 0.6) is 5.75 Å². The van der Waals surface area contributed by atoms with E-state index in [4.69, 9.17) is 9.47 Å². The van der Waals surface area contributed by atoms with Gasteiger partial charge in [0.1, 0.15) is 11.8 Å². The lowest BCUT2D eigenvalue weighted by Crippen LogP contribution is -2.47. The number of ether oxygens (including phenoxy) is 2. The van der Waals surface area contributed by atoms with Gasteiger partial charge in [-0.25, -0.2) is 9.59 Å². The molecule has 1 aliphatic heterocycles. The lowest BCUT2D eigenvalue weighted by molar-refractivity contribution is -0.384. The maximum absolute atomic E-state index is 14.3.